The minimum Gasteiger partial charge on any atom is -0.406 e. The average Bonchev–Trinajstić information content (AvgIpc) is 2.45. The quantitative estimate of drug-likeness (QED) is 0.878. The lowest BCUT2D eigenvalue weighted by atomic mass is 10.1. The number of rotatable bonds is 5. The first kappa shape index (κ1) is 16.1. The third-order valence-electron chi connectivity index (χ3n) is 3.45. The molecule has 2 rings (SSSR count). The lowest BCUT2D eigenvalue weighted by Gasteiger charge is -2.31. The van der Waals surface area contributed by atoms with Crippen molar-refractivity contribution in [3.05, 3.63) is 29.8 Å². The van der Waals surface area contributed by atoms with Gasteiger partial charge in [0.25, 0.3) is 0 Å². The maximum Gasteiger partial charge on any atom is 0.573 e. The average molecular weight is 303 g/mol. The van der Waals surface area contributed by atoms with Crippen LogP contribution in [0.4, 0.5) is 13.2 Å². The lowest BCUT2D eigenvalue weighted by Crippen LogP contribution is -2.45. The predicted molar refractivity (Wildman–Crippen MR) is 73.5 cm³/mol. The first-order valence-corrected chi connectivity index (χ1v) is 7.05. The summed E-state index contributed by atoms with van der Waals surface area (Å²) in [5, 5.41) is 2.13. The number of benzene rings is 1. The van der Waals surface area contributed by atoms with Gasteiger partial charge in [-0.15, -0.1) is 13.2 Å². The number of nitrogens with zero attached hydrogens (tertiary/aromatic N) is 1. The highest BCUT2D eigenvalue weighted by Crippen LogP contribution is 2.24. The molecule has 4 nitrogen and oxygen atoms in total. The number of hydrazine groups is 1. The predicted octanol–water partition coefficient (Wildman–Crippen LogP) is 2.58. The van der Waals surface area contributed by atoms with E-state index in [1.807, 2.05) is 0 Å². The van der Waals surface area contributed by atoms with Crippen LogP contribution >= 0.6 is 0 Å². The van der Waals surface area contributed by atoms with Gasteiger partial charge in [0.2, 0.25) is 0 Å². The number of hydrogen-bond acceptors (Lipinski definition) is 4. The van der Waals surface area contributed by atoms with Gasteiger partial charge in [-0.25, -0.2) is 10.4 Å². The van der Waals surface area contributed by atoms with E-state index in [4.69, 9.17) is 5.73 Å². The highest BCUT2D eigenvalue weighted by molar-refractivity contribution is 5.29. The summed E-state index contributed by atoms with van der Waals surface area (Å²) in [5.74, 6) is -0.222. The maximum absolute atomic E-state index is 12.1. The SMILES string of the molecule is NCC(NN1CCCCC1)c1ccc(OC(F)(F)F)cc1. The van der Waals surface area contributed by atoms with Gasteiger partial charge in [-0.3, -0.25) is 0 Å². The van der Waals surface area contributed by atoms with Gasteiger partial charge in [0.15, 0.2) is 0 Å². The molecule has 7 heteroatoms. The van der Waals surface area contributed by atoms with Crippen LogP contribution in [0.2, 0.25) is 0 Å². The molecule has 0 spiro atoms. The normalized spacial score (nSPS) is 18.5. The molecule has 1 saturated heterocycles. The second-order valence-electron chi connectivity index (χ2n) is 5.08. The lowest BCUT2D eigenvalue weighted by molar-refractivity contribution is -0.274. The summed E-state index contributed by atoms with van der Waals surface area (Å²) in [6, 6.07) is 5.72. The Bertz CT molecular complexity index is 430. The largest absolute Gasteiger partial charge is 0.573 e. The van der Waals surface area contributed by atoms with Crippen LogP contribution in [-0.2, 0) is 0 Å². The molecule has 1 aromatic rings. The van der Waals surface area contributed by atoms with Crippen LogP contribution in [-0.4, -0.2) is 31.0 Å². The van der Waals surface area contributed by atoms with Gasteiger partial charge < -0.3 is 10.5 Å². The van der Waals surface area contributed by atoms with Gasteiger partial charge in [0.1, 0.15) is 5.75 Å². The molecule has 118 valence electrons. The molecule has 1 aliphatic rings. The van der Waals surface area contributed by atoms with E-state index in [2.05, 4.69) is 15.2 Å². The fraction of sp³-hybridized carbons (Fsp3) is 0.571. The third-order valence-corrected chi connectivity index (χ3v) is 3.45. The van der Waals surface area contributed by atoms with E-state index in [1.165, 1.54) is 18.6 Å². The van der Waals surface area contributed by atoms with E-state index in [0.717, 1.165) is 31.5 Å². The standard InChI is InChI=1S/C14H20F3N3O/c15-14(16,17)21-12-6-4-11(5-7-12)13(10-18)19-20-8-2-1-3-9-20/h4-7,13,19H,1-3,8-10,18H2. The number of halogens is 3. The topological polar surface area (TPSA) is 50.5 Å². The molecule has 1 aromatic carbocycles. The number of nitrogens with two attached hydrogens (primary N) is 1. The molecule has 1 aliphatic heterocycles. The Kier molecular flexibility index (Phi) is 5.44. The van der Waals surface area contributed by atoms with Crippen molar-refractivity contribution in [3.8, 4) is 5.75 Å². The smallest absolute Gasteiger partial charge is 0.406 e. The van der Waals surface area contributed by atoms with E-state index in [0.29, 0.717) is 6.54 Å². The summed E-state index contributed by atoms with van der Waals surface area (Å²) in [6.07, 6.45) is -1.15. The number of piperidine rings is 1. The summed E-state index contributed by atoms with van der Waals surface area (Å²) in [6.45, 7) is 2.30. The summed E-state index contributed by atoms with van der Waals surface area (Å²) in [4.78, 5) is 0. The van der Waals surface area contributed by atoms with Crippen molar-refractivity contribution in [3.63, 3.8) is 0 Å². The zero-order valence-corrected chi connectivity index (χ0v) is 11.7. The molecular formula is C14H20F3N3O. The van der Waals surface area contributed by atoms with E-state index in [9.17, 15) is 13.2 Å². The highest BCUT2D eigenvalue weighted by atomic mass is 19.4. The molecule has 1 heterocycles. The van der Waals surface area contributed by atoms with Crippen LogP contribution in [0.15, 0.2) is 24.3 Å². The molecule has 1 unspecified atom stereocenters. The Morgan fingerprint density at radius 1 is 1.14 bits per heavy atom. The Balaban J connectivity index is 1.97. The number of alkyl halides is 3. The molecule has 3 N–H and O–H groups in total. The fourth-order valence-corrected chi connectivity index (χ4v) is 2.41. The second-order valence-corrected chi connectivity index (χ2v) is 5.08. The Labute approximate surface area is 122 Å². The molecule has 0 bridgehead atoms. The van der Waals surface area contributed by atoms with E-state index < -0.39 is 6.36 Å². The van der Waals surface area contributed by atoms with Crippen LogP contribution in [0.1, 0.15) is 30.9 Å². The van der Waals surface area contributed by atoms with Crippen LogP contribution in [0.5, 0.6) is 5.75 Å². The molecule has 0 amide bonds. The van der Waals surface area contributed by atoms with Crippen molar-refractivity contribution in [2.45, 2.75) is 31.7 Å². The number of nitrogens with one attached hydrogen (secondary N) is 1. The zero-order chi connectivity index (χ0) is 15.3. The number of hydrogen-bond donors (Lipinski definition) is 2. The zero-order valence-electron chi connectivity index (χ0n) is 11.7. The molecule has 0 aliphatic carbocycles. The molecule has 21 heavy (non-hydrogen) atoms. The van der Waals surface area contributed by atoms with Crippen molar-refractivity contribution in [1.82, 2.24) is 10.4 Å². The van der Waals surface area contributed by atoms with Gasteiger partial charge in [-0.2, -0.15) is 0 Å². The molecule has 1 atom stereocenters. The first-order valence-electron chi connectivity index (χ1n) is 7.05. The van der Waals surface area contributed by atoms with Crippen LogP contribution < -0.4 is 15.9 Å². The number of ether oxygens (including phenoxy) is 1. The van der Waals surface area contributed by atoms with Crippen molar-refractivity contribution in [2.24, 2.45) is 5.73 Å². The second kappa shape index (κ2) is 7.11. The first-order chi connectivity index (χ1) is 9.98. The Morgan fingerprint density at radius 3 is 2.29 bits per heavy atom. The monoisotopic (exact) mass is 303 g/mol. The summed E-state index contributed by atoms with van der Waals surface area (Å²) in [5.41, 5.74) is 9.94. The summed E-state index contributed by atoms with van der Waals surface area (Å²) in [7, 11) is 0. The van der Waals surface area contributed by atoms with Gasteiger partial charge in [0.05, 0.1) is 6.04 Å². The molecule has 0 radical (unpaired) electrons. The van der Waals surface area contributed by atoms with Crippen molar-refractivity contribution in [1.29, 1.82) is 0 Å². The van der Waals surface area contributed by atoms with Crippen molar-refractivity contribution >= 4 is 0 Å². The van der Waals surface area contributed by atoms with E-state index >= 15 is 0 Å². The molecule has 0 saturated carbocycles. The van der Waals surface area contributed by atoms with Crippen LogP contribution in [0.25, 0.3) is 0 Å². The van der Waals surface area contributed by atoms with Gasteiger partial charge >= 0.3 is 6.36 Å². The third kappa shape index (κ3) is 5.18. The van der Waals surface area contributed by atoms with Crippen molar-refractivity contribution < 1.29 is 17.9 Å². The molecular weight excluding hydrogens is 283 g/mol. The van der Waals surface area contributed by atoms with E-state index in [-0.39, 0.29) is 11.8 Å². The molecule has 1 fully saturated rings. The maximum atomic E-state index is 12.1. The Hall–Kier alpha value is -1.31. The minimum absolute atomic E-state index is 0.108. The van der Waals surface area contributed by atoms with Gasteiger partial charge in [-0.1, -0.05) is 18.6 Å². The summed E-state index contributed by atoms with van der Waals surface area (Å²) >= 11 is 0. The minimum atomic E-state index is -4.67. The fourth-order valence-electron chi connectivity index (χ4n) is 2.41. The van der Waals surface area contributed by atoms with Crippen molar-refractivity contribution in [2.75, 3.05) is 19.6 Å². The van der Waals surface area contributed by atoms with Gasteiger partial charge in [0, 0.05) is 19.6 Å². The van der Waals surface area contributed by atoms with E-state index in [1.54, 1.807) is 12.1 Å². The van der Waals surface area contributed by atoms with Crippen LogP contribution in [0, 0.1) is 0 Å². The summed E-state index contributed by atoms with van der Waals surface area (Å²) < 4.78 is 40.2. The molecule has 0 aromatic heterocycles. The Morgan fingerprint density at radius 2 is 1.76 bits per heavy atom. The highest BCUT2D eigenvalue weighted by Gasteiger charge is 2.31. The van der Waals surface area contributed by atoms with Gasteiger partial charge in [-0.05, 0) is 30.5 Å². The van der Waals surface area contributed by atoms with Crippen LogP contribution in [0.3, 0.4) is 0 Å².